The smallest absolute Gasteiger partial charge is 0.0599 e. The third kappa shape index (κ3) is 5.30. The van der Waals surface area contributed by atoms with Gasteiger partial charge in [0.2, 0.25) is 0 Å². The van der Waals surface area contributed by atoms with E-state index in [-0.39, 0.29) is 5.60 Å². The molecule has 3 heteroatoms. The highest BCUT2D eigenvalue weighted by Crippen LogP contribution is 2.17. The van der Waals surface area contributed by atoms with Crippen LogP contribution in [0.4, 0.5) is 0 Å². The maximum Gasteiger partial charge on any atom is 0.0599 e. The summed E-state index contributed by atoms with van der Waals surface area (Å²) in [6, 6.07) is 4.67. The van der Waals surface area contributed by atoms with E-state index < -0.39 is 0 Å². The van der Waals surface area contributed by atoms with Crippen LogP contribution in [0.3, 0.4) is 0 Å². The Hall–Kier alpha value is -0.380. The Balaban J connectivity index is 2.16. The van der Waals surface area contributed by atoms with Crippen LogP contribution in [0.15, 0.2) is 17.5 Å². The minimum Gasteiger partial charge on any atom is -0.375 e. The maximum atomic E-state index is 5.64. The molecule has 0 amide bonds. The summed E-state index contributed by atoms with van der Waals surface area (Å²) < 4.78 is 5.64. The van der Waals surface area contributed by atoms with Crippen molar-refractivity contribution in [2.24, 2.45) is 0 Å². The molecule has 0 bridgehead atoms. The van der Waals surface area contributed by atoms with Gasteiger partial charge in [-0.1, -0.05) is 6.07 Å². The summed E-state index contributed by atoms with van der Waals surface area (Å²) in [6.45, 7) is 10.1. The molecule has 0 aliphatic carbocycles. The minimum atomic E-state index is -0.0339. The van der Waals surface area contributed by atoms with Crippen molar-refractivity contribution in [3.05, 3.63) is 22.4 Å². The first-order valence-corrected chi connectivity index (χ1v) is 6.28. The van der Waals surface area contributed by atoms with Gasteiger partial charge in [-0.3, -0.25) is 0 Å². The molecule has 0 aromatic carbocycles. The van der Waals surface area contributed by atoms with Gasteiger partial charge in [-0.25, -0.2) is 0 Å². The molecule has 0 aliphatic rings. The molecule has 1 aromatic rings. The molecule has 0 spiro atoms. The van der Waals surface area contributed by atoms with Crippen molar-refractivity contribution in [1.29, 1.82) is 0 Å². The van der Waals surface area contributed by atoms with E-state index >= 15 is 0 Å². The number of thiophene rings is 1. The van der Waals surface area contributed by atoms with Crippen LogP contribution in [0.1, 0.15) is 38.6 Å². The van der Waals surface area contributed by atoms with Crippen molar-refractivity contribution in [1.82, 2.24) is 5.32 Å². The Morgan fingerprint density at radius 1 is 1.47 bits per heavy atom. The third-order valence-corrected chi connectivity index (χ3v) is 3.11. The lowest BCUT2D eigenvalue weighted by Crippen LogP contribution is -2.27. The van der Waals surface area contributed by atoms with Gasteiger partial charge >= 0.3 is 0 Å². The van der Waals surface area contributed by atoms with Gasteiger partial charge in [-0.05, 0) is 39.1 Å². The van der Waals surface area contributed by atoms with Crippen molar-refractivity contribution >= 4 is 11.3 Å². The number of hydrogen-bond acceptors (Lipinski definition) is 3. The average Bonchev–Trinajstić information content (AvgIpc) is 2.63. The highest BCUT2D eigenvalue weighted by atomic mass is 32.1. The highest BCUT2D eigenvalue weighted by Gasteiger charge is 2.10. The van der Waals surface area contributed by atoms with Crippen molar-refractivity contribution in [3.8, 4) is 0 Å². The summed E-state index contributed by atoms with van der Waals surface area (Å²) in [7, 11) is 0. The molecule has 1 aromatic heterocycles. The van der Waals surface area contributed by atoms with E-state index in [1.54, 1.807) is 11.3 Å². The van der Waals surface area contributed by atoms with Crippen molar-refractivity contribution in [3.63, 3.8) is 0 Å². The van der Waals surface area contributed by atoms with Gasteiger partial charge in [0.1, 0.15) is 0 Å². The van der Waals surface area contributed by atoms with Crippen molar-refractivity contribution < 1.29 is 4.74 Å². The quantitative estimate of drug-likeness (QED) is 0.780. The van der Waals surface area contributed by atoms with Crippen LogP contribution in [0, 0.1) is 0 Å². The molecular formula is C12H21NOS. The second-order valence-corrected chi connectivity index (χ2v) is 5.63. The van der Waals surface area contributed by atoms with E-state index in [9.17, 15) is 0 Å². The van der Waals surface area contributed by atoms with Crippen LogP contribution in [-0.4, -0.2) is 18.8 Å². The third-order valence-electron chi connectivity index (χ3n) is 2.06. The van der Waals surface area contributed by atoms with Crippen LogP contribution < -0.4 is 5.32 Å². The van der Waals surface area contributed by atoms with E-state index in [1.807, 2.05) is 0 Å². The molecule has 1 heterocycles. The lowest BCUT2D eigenvalue weighted by atomic mass is 10.2. The summed E-state index contributed by atoms with van der Waals surface area (Å²) in [6.07, 6.45) is 0. The van der Waals surface area contributed by atoms with Gasteiger partial charge in [0.25, 0.3) is 0 Å². The molecule has 1 rings (SSSR count). The summed E-state index contributed by atoms with van der Waals surface area (Å²) in [5, 5.41) is 5.55. The van der Waals surface area contributed by atoms with Crippen molar-refractivity contribution in [2.75, 3.05) is 13.2 Å². The fourth-order valence-corrected chi connectivity index (χ4v) is 2.03. The number of hydrogen-bond donors (Lipinski definition) is 1. The zero-order valence-corrected chi connectivity index (χ0v) is 10.9. The van der Waals surface area contributed by atoms with Crippen molar-refractivity contribution in [2.45, 2.75) is 39.3 Å². The lowest BCUT2D eigenvalue weighted by Gasteiger charge is -2.20. The Kier molecular flexibility index (Phi) is 4.77. The average molecular weight is 227 g/mol. The number of rotatable bonds is 5. The minimum absolute atomic E-state index is 0.0339. The first-order valence-electron chi connectivity index (χ1n) is 5.40. The second kappa shape index (κ2) is 5.64. The fourth-order valence-electron chi connectivity index (χ4n) is 1.27. The fraction of sp³-hybridized carbons (Fsp3) is 0.667. The number of nitrogens with one attached hydrogen (secondary N) is 1. The standard InChI is InChI=1S/C12H21NOS/c1-10(11-6-5-9-15-11)13-7-8-14-12(2,3)4/h5-6,9-10,13H,7-8H2,1-4H3. The van der Waals surface area contributed by atoms with Crippen LogP contribution in [-0.2, 0) is 4.74 Å². The van der Waals surface area contributed by atoms with E-state index in [0.29, 0.717) is 6.04 Å². The van der Waals surface area contributed by atoms with Gasteiger partial charge in [0.15, 0.2) is 0 Å². The van der Waals surface area contributed by atoms with Crippen LogP contribution in [0.25, 0.3) is 0 Å². The Morgan fingerprint density at radius 2 is 2.20 bits per heavy atom. The SMILES string of the molecule is CC(NCCOC(C)(C)C)c1cccs1. The summed E-state index contributed by atoms with van der Waals surface area (Å²) in [4.78, 5) is 1.38. The summed E-state index contributed by atoms with van der Waals surface area (Å²) in [5.41, 5.74) is -0.0339. The zero-order valence-electron chi connectivity index (χ0n) is 10.0. The molecule has 86 valence electrons. The predicted octanol–water partition coefficient (Wildman–Crippen LogP) is 3.21. The number of ether oxygens (including phenoxy) is 1. The van der Waals surface area contributed by atoms with E-state index in [2.05, 4.69) is 50.5 Å². The van der Waals surface area contributed by atoms with Gasteiger partial charge in [-0.2, -0.15) is 0 Å². The Morgan fingerprint density at radius 3 is 2.73 bits per heavy atom. The molecule has 0 radical (unpaired) electrons. The summed E-state index contributed by atoms with van der Waals surface area (Å²) >= 11 is 1.79. The Labute approximate surface area is 96.7 Å². The topological polar surface area (TPSA) is 21.3 Å². The first kappa shape index (κ1) is 12.7. The van der Waals surface area contributed by atoms with Crippen LogP contribution >= 0.6 is 11.3 Å². The molecular weight excluding hydrogens is 206 g/mol. The molecule has 15 heavy (non-hydrogen) atoms. The Bertz CT molecular complexity index is 264. The van der Waals surface area contributed by atoms with Crippen LogP contribution in [0.5, 0.6) is 0 Å². The largest absolute Gasteiger partial charge is 0.375 e. The van der Waals surface area contributed by atoms with E-state index in [1.165, 1.54) is 4.88 Å². The van der Waals surface area contributed by atoms with E-state index in [4.69, 9.17) is 4.74 Å². The second-order valence-electron chi connectivity index (χ2n) is 4.65. The van der Waals surface area contributed by atoms with Gasteiger partial charge < -0.3 is 10.1 Å². The lowest BCUT2D eigenvalue weighted by molar-refractivity contribution is -0.00146. The molecule has 1 unspecified atom stereocenters. The van der Waals surface area contributed by atoms with Gasteiger partial charge in [0.05, 0.1) is 12.2 Å². The molecule has 0 fully saturated rings. The molecule has 1 N–H and O–H groups in total. The molecule has 2 nitrogen and oxygen atoms in total. The predicted molar refractivity (Wildman–Crippen MR) is 66.4 cm³/mol. The molecule has 0 aliphatic heterocycles. The molecule has 1 atom stereocenters. The molecule has 0 saturated carbocycles. The van der Waals surface area contributed by atoms with Crippen LogP contribution in [0.2, 0.25) is 0 Å². The monoisotopic (exact) mass is 227 g/mol. The normalized spacial score (nSPS) is 14.1. The molecule has 0 saturated heterocycles. The highest BCUT2D eigenvalue weighted by molar-refractivity contribution is 7.10. The van der Waals surface area contributed by atoms with Gasteiger partial charge in [-0.15, -0.1) is 11.3 Å². The first-order chi connectivity index (χ1) is 6.99. The van der Waals surface area contributed by atoms with Gasteiger partial charge in [0, 0.05) is 17.5 Å². The maximum absolute atomic E-state index is 5.64. The van der Waals surface area contributed by atoms with E-state index in [0.717, 1.165) is 13.2 Å². The zero-order chi connectivity index (χ0) is 11.3. The summed E-state index contributed by atoms with van der Waals surface area (Å²) in [5.74, 6) is 0.